The number of halogens is 1. The molecular weight excluding hydrogens is 212 g/mol. The first-order valence-corrected chi connectivity index (χ1v) is 4.43. The Morgan fingerprint density at radius 2 is 2.43 bits per heavy atom. The lowest BCUT2D eigenvalue weighted by Gasteiger charge is -1.61. The lowest BCUT2D eigenvalue weighted by Crippen LogP contribution is -1.27. The van der Waals surface area contributed by atoms with Gasteiger partial charge in [-0.15, -0.1) is 22.7 Å². The zero-order valence-electron chi connectivity index (χ0n) is 3.18. The van der Waals surface area contributed by atoms with Crippen molar-refractivity contribution in [2.24, 2.45) is 0 Å². The Morgan fingerprint density at radius 1 is 1.71 bits per heavy atom. The molecule has 38 valence electrons. The Hall–Kier alpha value is 0.750. The molecule has 0 bridgehead atoms. The van der Waals surface area contributed by atoms with Gasteiger partial charge in [-0.2, -0.15) is 0 Å². The third-order valence-corrected chi connectivity index (χ3v) is 3.70. The minimum atomic E-state index is 0.979. The number of hydrogen-bond acceptors (Lipinski definition) is 3. The van der Waals surface area contributed by atoms with Gasteiger partial charge in [0.15, 0.2) is 0 Å². The average molecular weight is 213 g/mol. The fourth-order valence-electron chi connectivity index (χ4n) is 0.222. The molecule has 7 heavy (non-hydrogen) atoms. The van der Waals surface area contributed by atoms with Gasteiger partial charge >= 0.3 is 0 Å². The van der Waals surface area contributed by atoms with E-state index < -0.39 is 0 Å². The summed E-state index contributed by atoms with van der Waals surface area (Å²) in [4.78, 5) is 0. The molecule has 1 aromatic rings. The molecule has 4 heteroatoms. The van der Waals surface area contributed by atoms with E-state index in [2.05, 4.69) is 15.9 Å². The van der Waals surface area contributed by atoms with Crippen LogP contribution in [-0.4, -0.2) is 0 Å². The highest BCUT2D eigenvalue weighted by Gasteiger charge is 1.84. The Balaban J connectivity index is 3.30. The first-order valence-electron chi connectivity index (χ1n) is 1.53. The molecule has 1 aromatic heterocycles. The van der Waals surface area contributed by atoms with Crippen LogP contribution >= 0.6 is 50.8 Å². The zero-order chi connectivity index (χ0) is 5.28. The van der Waals surface area contributed by atoms with Crippen LogP contribution in [0.5, 0.6) is 0 Å². The summed E-state index contributed by atoms with van der Waals surface area (Å²) in [5.41, 5.74) is 0. The van der Waals surface area contributed by atoms with E-state index in [4.69, 9.17) is 12.2 Å². The van der Waals surface area contributed by atoms with Gasteiger partial charge in [0.2, 0.25) is 0 Å². The lowest BCUT2D eigenvalue weighted by molar-refractivity contribution is 2.21. The molecule has 1 heterocycles. The summed E-state index contributed by atoms with van der Waals surface area (Å²) in [6, 6.07) is 0. The summed E-state index contributed by atoms with van der Waals surface area (Å²) in [6.07, 6.45) is 0. The molecule has 1 rings (SSSR count). The van der Waals surface area contributed by atoms with E-state index in [9.17, 15) is 0 Å². The van der Waals surface area contributed by atoms with Crippen molar-refractivity contribution in [1.82, 2.24) is 0 Å². The van der Waals surface area contributed by atoms with Crippen LogP contribution in [0.3, 0.4) is 0 Å². The summed E-state index contributed by atoms with van der Waals surface area (Å²) in [6.45, 7) is 0. The molecule has 0 saturated carbocycles. The first-order chi connectivity index (χ1) is 3.29. The normalized spacial score (nSPS) is 9.29. The second-order valence-electron chi connectivity index (χ2n) is 0.892. The Labute approximate surface area is 62.9 Å². The molecule has 0 fully saturated rings. The van der Waals surface area contributed by atoms with Crippen LogP contribution in [-0.2, 0) is 0 Å². The van der Waals surface area contributed by atoms with E-state index >= 15 is 0 Å². The van der Waals surface area contributed by atoms with Gasteiger partial charge < -0.3 is 0 Å². The number of hydrogen-bond donors (Lipinski definition) is 0. The smallest absolute Gasteiger partial charge is 0.120 e. The maximum atomic E-state index is 4.84. The molecule has 0 aliphatic rings. The predicted molar refractivity (Wildman–Crippen MR) is 40.7 cm³/mol. The fourth-order valence-corrected chi connectivity index (χ4v) is 3.34. The molecule has 0 radical (unpaired) electrons. The quantitative estimate of drug-likeness (QED) is 0.596. The van der Waals surface area contributed by atoms with E-state index in [1.807, 2.05) is 5.38 Å². The molecule has 0 amide bonds. The molecule has 0 aromatic carbocycles. The number of rotatable bonds is 0. The van der Waals surface area contributed by atoms with Gasteiger partial charge in [-0.25, -0.2) is 0 Å². The Kier molecular flexibility index (Phi) is 1.97. The molecule has 0 unspecified atom stereocenters. The molecule has 0 nitrogen and oxygen atoms in total. The minimum Gasteiger partial charge on any atom is -0.120 e. The molecule has 0 aliphatic carbocycles. The first kappa shape index (κ1) is 5.88. The molecular formula is C3HBrS3. The molecule has 0 spiro atoms. The SMILES string of the molecule is S=c1scc(Br)s1. The highest BCUT2D eigenvalue weighted by atomic mass is 79.9. The maximum Gasteiger partial charge on any atom is 0.144 e. The van der Waals surface area contributed by atoms with Crippen molar-refractivity contribution in [2.75, 3.05) is 0 Å². The molecule has 0 atom stereocenters. The van der Waals surface area contributed by atoms with Crippen LogP contribution < -0.4 is 0 Å². The third-order valence-electron chi connectivity index (χ3n) is 0.429. The maximum absolute atomic E-state index is 4.84. The molecule has 0 aliphatic heterocycles. The van der Waals surface area contributed by atoms with Gasteiger partial charge in [0.1, 0.15) is 3.14 Å². The fraction of sp³-hybridized carbons (Fsp3) is 0. The van der Waals surface area contributed by atoms with Crippen LogP contribution in [0.4, 0.5) is 0 Å². The van der Waals surface area contributed by atoms with Gasteiger partial charge in [0.05, 0.1) is 3.79 Å². The van der Waals surface area contributed by atoms with Gasteiger partial charge in [0, 0.05) is 5.38 Å². The van der Waals surface area contributed by atoms with Crippen molar-refractivity contribution in [1.29, 1.82) is 0 Å². The standard InChI is InChI=1S/C3HBrS3/c4-2-1-6-3(5)7-2/h1H. The largest absolute Gasteiger partial charge is 0.144 e. The van der Waals surface area contributed by atoms with Gasteiger partial charge in [-0.3, -0.25) is 0 Å². The monoisotopic (exact) mass is 212 g/mol. The van der Waals surface area contributed by atoms with Crippen molar-refractivity contribution >= 4 is 50.8 Å². The van der Waals surface area contributed by atoms with E-state index in [0.717, 1.165) is 6.92 Å². The van der Waals surface area contributed by atoms with Crippen molar-refractivity contribution < 1.29 is 0 Å². The zero-order valence-corrected chi connectivity index (χ0v) is 7.22. The van der Waals surface area contributed by atoms with E-state index in [-0.39, 0.29) is 0 Å². The van der Waals surface area contributed by atoms with E-state index in [1.54, 1.807) is 22.7 Å². The summed E-state index contributed by atoms with van der Waals surface area (Å²) in [7, 11) is 0. The van der Waals surface area contributed by atoms with E-state index in [0.29, 0.717) is 0 Å². The van der Waals surface area contributed by atoms with Gasteiger partial charge in [-0.05, 0) is 15.9 Å². The summed E-state index contributed by atoms with van der Waals surface area (Å²) in [5.74, 6) is 0. The second kappa shape index (κ2) is 2.35. The van der Waals surface area contributed by atoms with Crippen molar-refractivity contribution in [3.05, 3.63) is 12.3 Å². The lowest BCUT2D eigenvalue weighted by atomic mass is 11.2. The highest BCUT2D eigenvalue weighted by molar-refractivity contribution is 9.11. The molecule has 0 saturated heterocycles. The molecule has 0 N–H and O–H groups in total. The Bertz CT molecular complexity index is 198. The average Bonchev–Trinajstić information content (AvgIpc) is 1.87. The van der Waals surface area contributed by atoms with Crippen LogP contribution in [0.25, 0.3) is 0 Å². The van der Waals surface area contributed by atoms with Crippen LogP contribution in [0.1, 0.15) is 0 Å². The van der Waals surface area contributed by atoms with Gasteiger partial charge in [0.25, 0.3) is 0 Å². The minimum absolute atomic E-state index is 0.979. The predicted octanol–water partition coefficient (Wildman–Crippen LogP) is 3.30. The summed E-state index contributed by atoms with van der Waals surface area (Å²) in [5, 5.41) is 1.99. The van der Waals surface area contributed by atoms with Crippen molar-refractivity contribution in [2.45, 2.75) is 0 Å². The summed E-state index contributed by atoms with van der Waals surface area (Å²) < 4.78 is 2.11. The third kappa shape index (κ3) is 1.60. The van der Waals surface area contributed by atoms with Crippen LogP contribution in [0, 0.1) is 3.14 Å². The van der Waals surface area contributed by atoms with Gasteiger partial charge in [-0.1, -0.05) is 12.2 Å². The van der Waals surface area contributed by atoms with E-state index in [1.165, 1.54) is 0 Å². The second-order valence-corrected chi connectivity index (χ2v) is 5.39. The van der Waals surface area contributed by atoms with Crippen LogP contribution in [0.15, 0.2) is 9.17 Å². The summed E-state index contributed by atoms with van der Waals surface area (Å²) >= 11 is 11.3. The van der Waals surface area contributed by atoms with Crippen LogP contribution in [0.2, 0.25) is 0 Å². The Morgan fingerprint density at radius 3 is 2.57 bits per heavy atom. The highest BCUT2D eigenvalue weighted by Crippen LogP contribution is 2.22. The topological polar surface area (TPSA) is 0 Å². The van der Waals surface area contributed by atoms with Crippen molar-refractivity contribution in [3.63, 3.8) is 0 Å². The van der Waals surface area contributed by atoms with Crippen molar-refractivity contribution in [3.8, 4) is 0 Å².